The average molecular weight is 343 g/mol. The molecule has 0 radical (unpaired) electrons. The summed E-state index contributed by atoms with van der Waals surface area (Å²) in [5, 5.41) is 9.74. The topological polar surface area (TPSA) is 53.3 Å². The maximum Gasteiger partial charge on any atom is 0.229 e. The Hall–Kier alpha value is -2.51. The van der Waals surface area contributed by atoms with Crippen LogP contribution in [0.5, 0.6) is 5.75 Å². The van der Waals surface area contributed by atoms with Gasteiger partial charge in [0.1, 0.15) is 11.8 Å². The number of nitriles is 1. The number of para-hydroxylation sites is 1. The summed E-state index contributed by atoms with van der Waals surface area (Å²) in [4.78, 5) is 14.2. The van der Waals surface area contributed by atoms with Crippen LogP contribution in [-0.2, 0) is 4.79 Å². The molecule has 2 aromatic carbocycles. The molecule has 124 valence electrons. The minimum absolute atomic E-state index is 0.171. The maximum atomic E-state index is 12.7. The van der Waals surface area contributed by atoms with E-state index in [2.05, 4.69) is 6.07 Å². The molecule has 0 fully saturated rings. The number of aryl methyl sites for hydroxylation is 1. The van der Waals surface area contributed by atoms with Crippen LogP contribution in [0.4, 0.5) is 5.69 Å². The lowest BCUT2D eigenvalue weighted by atomic mass is 10.0. The molecule has 2 rings (SSSR count). The van der Waals surface area contributed by atoms with Gasteiger partial charge in [-0.3, -0.25) is 9.69 Å². The van der Waals surface area contributed by atoms with E-state index >= 15 is 0 Å². The van der Waals surface area contributed by atoms with Crippen LogP contribution in [-0.4, -0.2) is 18.9 Å². The number of nitrogens with zero attached hydrogens (tertiary/aromatic N) is 2. The van der Waals surface area contributed by atoms with E-state index in [-0.39, 0.29) is 18.2 Å². The normalized spacial score (nSPS) is 11.4. The first kappa shape index (κ1) is 17.8. The lowest BCUT2D eigenvalue weighted by molar-refractivity contribution is -0.118. The lowest BCUT2D eigenvalue weighted by Gasteiger charge is -2.29. The Labute approximate surface area is 147 Å². The number of halogens is 1. The summed E-state index contributed by atoms with van der Waals surface area (Å²) in [6, 6.07) is 16.2. The molecule has 0 bridgehead atoms. The number of benzene rings is 2. The van der Waals surface area contributed by atoms with Gasteiger partial charge in [0.25, 0.3) is 0 Å². The first-order valence-electron chi connectivity index (χ1n) is 7.59. The fourth-order valence-electron chi connectivity index (χ4n) is 2.52. The van der Waals surface area contributed by atoms with E-state index in [9.17, 15) is 10.1 Å². The number of rotatable bonds is 6. The van der Waals surface area contributed by atoms with Crippen molar-refractivity contribution in [2.75, 3.05) is 17.9 Å². The first-order valence-corrected chi connectivity index (χ1v) is 8.13. The van der Waals surface area contributed by atoms with Crippen molar-refractivity contribution in [2.24, 2.45) is 0 Å². The number of carbonyl (C=O) groups excluding carboxylic acids is 1. The summed E-state index contributed by atoms with van der Waals surface area (Å²) < 4.78 is 5.15. The minimum atomic E-state index is -0.729. The maximum absolute atomic E-state index is 12.7. The van der Waals surface area contributed by atoms with E-state index in [0.717, 1.165) is 16.8 Å². The van der Waals surface area contributed by atoms with Crippen LogP contribution in [0.25, 0.3) is 0 Å². The molecule has 0 saturated heterocycles. The molecule has 0 aliphatic rings. The van der Waals surface area contributed by atoms with Crippen LogP contribution in [0, 0.1) is 18.3 Å². The molecule has 0 heterocycles. The van der Waals surface area contributed by atoms with Gasteiger partial charge in [-0.1, -0.05) is 30.3 Å². The molecule has 0 N–H and O–H groups in total. The third-order valence-electron chi connectivity index (χ3n) is 3.76. The summed E-state index contributed by atoms with van der Waals surface area (Å²) in [5.41, 5.74) is 2.37. The predicted molar refractivity (Wildman–Crippen MR) is 95.4 cm³/mol. The molecule has 0 aromatic heterocycles. The summed E-state index contributed by atoms with van der Waals surface area (Å²) >= 11 is 5.75. The van der Waals surface area contributed by atoms with Crippen molar-refractivity contribution >= 4 is 23.2 Å². The Kier molecular flexibility index (Phi) is 6.22. The van der Waals surface area contributed by atoms with Crippen LogP contribution in [0.1, 0.15) is 23.6 Å². The van der Waals surface area contributed by atoms with Crippen molar-refractivity contribution in [1.29, 1.82) is 5.26 Å². The highest BCUT2D eigenvalue weighted by molar-refractivity contribution is 6.19. The smallest absolute Gasteiger partial charge is 0.229 e. The standard InChI is InChI=1S/C19H19ClN2O2/c1-14-5-3-4-6-17(14)22(19(23)11-12-20)18(13-21)15-7-9-16(24-2)10-8-15/h3-10,18H,11-12H2,1-2H3/t18-/m1/s1. The minimum Gasteiger partial charge on any atom is -0.497 e. The van der Waals surface area contributed by atoms with Crippen LogP contribution in [0.2, 0.25) is 0 Å². The van der Waals surface area contributed by atoms with E-state index in [4.69, 9.17) is 16.3 Å². The molecule has 4 nitrogen and oxygen atoms in total. The van der Waals surface area contributed by atoms with Crippen molar-refractivity contribution in [2.45, 2.75) is 19.4 Å². The number of hydrogen-bond donors (Lipinski definition) is 0. The van der Waals surface area contributed by atoms with Crippen LogP contribution < -0.4 is 9.64 Å². The SMILES string of the molecule is COc1ccc([C@@H](C#N)N(C(=O)CCCl)c2ccccc2C)cc1. The third kappa shape index (κ3) is 3.87. The third-order valence-corrected chi connectivity index (χ3v) is 3.95. The number of hydrogen-bond acceptors (Lipinski definition) is 3. The van der Waals surface area contributed by atoms with Gasteiger partial charge >= 0.3 is 0 Å². The Morgan fingerprint density at radius 3 is 2.46 bits per heavy atom. The molecule has 0 aliphatic heterocycles. The second kappa shape index (κ2) is 8.37. The molecule has 0 saturated carbocycles. The number of methoxy groups -OCH3 is 1. The van der Waals surface area contributed by atoms with Crippen molar-refractivity contribution in [1.82, 2.24) is 0 Å². The number of amides is 1. The van der Waals surface area contributed by atoms with Gasteiger partial charge in [-0.05, 0) is 36.2 Å². The molecule has 24 heavy (non-hydrogen) atoms. The fraction of sp³-hybridized carbons (Fsp3) is 0.263. The summed E-state index contributed by atoms with van der Waals surface area (Å²) in [6.45, 7) is 1.92. The van der Waals surface area contributed by atoms with Crippen molar-refractivity contribution < 1.29 is 9.53 Å². The zero-order chi connectivity index (χ0) is 17.5. The molecule has 2 aromatic rings. The first-order chi connectivity index (χ1) is 11.6. The molecule has 1 amide bonds. The number of carbonyl (C=O) groups is 1. The number of ether oxygens (including phenoxy) is 1. The quantitative estimate of drug-likeness (QED) is 0.738. The van der Waals surface area contributed by atoms with Gasteiger partial charge in [-0.2, -0.15) is 5.26 Å². The van der Waals surface area contributed by atoms with Gasteiger partial charge in [0.15, 0.2) is 0 Å². The summed E-state index contributed by atoms with van der Waals surface area (Å²) in [5.74, 6) is 0.730. The largest absolute Gasteiger partial charge is 0.497 e. The highest BCUT2D eigenvalue weighted by Crippen LogP contribution is 2.31. The van der Waals surface area contributed by atoms with Gasteiger partial charge < -0.3 is 4.74 Å². The zero-order valence-corrected chi connectivity index (χ0v) is 14.5. The number of anilines is 1. The van der Waals surface area contributed by atoms with E-state index in [1.807, 2.05) is 31.2 Å². The van der Waals surface area contributed by atoms with Gasteiger partial charge in [0.05, 0.1) is 13.2 Å². The molecule has 1 atom stereocenters. The van der Waals surface area contributed by atoms with Gasteiger partial charge in [0.2, 0.25) is 5.91 Å². The van der Waals surface area contributed by atoms with Gasteiger partial charge in [0, 0.05) is 18.0 Å². The molecular weight excluding hydrogens is 324 g/mol. The Balaban J connectivity index is 2.49. The second-order valence-corrected chi connectivity index (χ2v) is 5.67. The highest BCUT2D eigenvalue weighted by Gasteiger charge is 2.27. The van der Waals surface area contributed by atoms with Crippen LogP contribution in [0.15, 0.2) is 48.5 Å². The van der Waals surface area contributed by atoms with E-state index in [1.165, 1.54) is 4.90 Å². The monoisotopic (exact) mass is 342 g/mol. The van der Waals surface area contributed by atoms with E-state index in [0.29, 0.717) is 5.75 Å². The van der Waals surface area contributed by atoms with Crippen molar-refractivity contribution in [3.05, 3.63) is 59.7 Å². The summed E-state index contributed by atoms with van der Waals surface area (Å²) in [6.07, 6.45) is 0.171. The van der Waals surface area contributed by atoms with Crippen LogP contribution >= 0.6 is 11.6 Å². The highest BCUT2D eigenvalue weighted by atomic mass is 35.5. The molecular formula is C19H19ClN2O2. The Morgan fingerprint density at radius 1 is 1.25 bits per heavy atom. The zero-order valence-electron chi connectivity index (χ0n) is 13.7. The number of alkyl halides is 1. The Morgan fingerprint density at radius 2 is 1.92 bits per heavy atom. The molecule has 0 spiro atoms. The van der Waals surface area contributed by atoms with Crippen molar-refractivity contribution in [3.8, 4) is 11.8 Å². The predicted octanol–water partition coefficient (Wildman–Crippen LogP) is 4.23. The average Bonchev–Trinajstić information content (AvgIpc) is 2.61. The second-order valence-electron chi connectivity index (χ2n) is 5.29. The lowest BCUT2D eigenvalue weighted by Crippen LogP contribution is -2.35. The van der Waals surface area contributed by atoms with E-state index in [1.54, 1.807) is 31.4 Å². The van der Waals surface area contributed by atoms with Gasteiger partial charge in [-0.25, -0.2) is 0 Å². The van der Waals surface area contributed by atoms with E-state index < -0.39 is 6.04 Å². The molecule has 0 aliphatic carbocycles. The molecule has 0 unspecified atom stereocenters. The summed E-state index contributed by atoms with van der Waals surface area (Å²) in [7, 11) is 1.58. The fourth-order valence-corrected chi connectivity index (χ4v) is 2.68. The van der Waals surface area contributed by atoms with Crippen LogP contribution in [0.3, 0.4) is 0 Å². The van der Waals surface area contributed by atoms with Gasteiger partial charge in [-0.15, -0.1) is 11.6 Å². The molecule has 5 heteroatoms. The Bertz CT molecular complexity index is 738. The van der Waals surface area contributed by atoms with Crippen molar-refractivity contribution in [3.63, 3.8) is 0 Å².